The zero-order chi connectivity index (χ0) is 28.4. The van der Waals surface area contributed by atoms with Crippen molar-refractivity contribution in [2.24, 2.45) is 48.3 Å². The molecule has 2 fully saturated rings. The predicted octanol–water partition coefficient (Wildman–Crippen LogP) is 0.837. The molecule has 6 atom stereocenters. The van der Waals surface area contributed by atoms with Crippen LogP contribution in [0.5, 0.6) is 5.75 Å². The lowest BCUT2D eigenvalue weighted by atomic mass is 9.49. The van der Waals surface area contributed by atoms with Crippen LogP contribution in [0.4, 0.5) is 0 Å². The van der Waals surface area contributed by atoms with E-state index in [2.05, 4.69) is 5.32 Å². The summed E-state index contributed by atoms with van der Waals surface area (Å²) < 4.78 is 1.99. The third kappa shape index (κ3) is 3.96. The number of nitrogens with zero attached hydrogens (tertiary/aromatic N) is 1. The molecule has 1 heterocycles. The van der Waals surface area contributed by atoms with Crippen LogP contribution in [0.1, 0.15) is 47.4 Å². The lowest BCUT2D eigenvalue weighted by molar-refractivity contribution is -0.182. The van der Waals surface area contributed by atoms with E-state index >= 15 is 0 Å². The lowest BCUT2D eigenvalue weighted by Crippen LogP contribution is -2.71. The van der Waals surface area contributed by atoms with Crippen molar-refractivity contribution in [2.45, 2.75) is 45.4 Å². The molecule has 1 aromatic heterocycles. The van der Waals surface area contributed by atoms with Crippen LogP contribution in [-0.4, -0.2) is 49.4 Å². The molecule has 5 N–H and O–H groups in total. The van der Waals surface area contributed by atoms with Crippen LogP contribution in [-0.2, 0) is 45.7 Å². The highest BCUT2D eigenvalue weighted by Crippen LogP contribution is 2.53. The summed E-state index contributed by atoms with van der Waals surface area (Å²) in [4.78, 5) is 66.3. The number of ketones is 4. The Kier molecular flexibility index (Phi) is 6.59. The zero-order valence-electron chi connectivity index (χ0n) is 22.1. The number of nitrogens with one attached hydrogen (secondary N) is 1. The Morgan fingerprint density at radius 3 is 2.49 bits per heavy atom. The third-order valence-electron chi connectivity index (χ3n) is 8.97. The third-order valence-corrected chi connectivity index (χ3v) is 8.97. The number of nitrogens with two attached hydrogens (primary N) is 1. The minimum atomic E-state index is -2.68. The number of phenolic OH excluding ortho intramolecular Hbond substituents is 1. The van der Waals surface area contributed by atoms with Crippen LogP contribution in [0.3, 0.4) is 0 Å². The molecule has 2 unspecified atom stereocenters. The topological polar surface area (TPSA) is 169 Å². The molecule has 5 rings (SSSR count). The molecule has 0 spiro atoms. The molecule has 1 aromatic carbocycles. The Labute approximate surface area is 225 Å². The van der Waals surface area contributed by atoms with Crippen molar-refractivity contribution in [2.75, 3.05) is 0 Å². The maximum Gasteiger partial charge on any atom is 0.235 e. The lowest BCUT2D eigenvalue weighted by Gasteiger charge is -2.52. The first-order chi connectivity index (χ1) is 18.4. The molecule has 10 heteroatoms. The van der Waals surface area contributed by atoms with E-state index in [-0.39, 0.29) is 30.1 Å². The molecular formula is C29H33N3O7. The van der Waals surface area contributed by atoms with Gasteiger partial charge in [0.15, 0.2) is 34.7 Å². The molecule has 0 aliphatic heterocycles. The standard InChI is InChI=1S/C29H33N3O7/c1-13(2)20-18-10-15-9-17-14(11-31-12-16-5-4-8-32(16)3)6-7-19(33)22(17)25(35)21(15)26(36)29(18,39)27(37)23(24(20)34)28(30)38/h4-8,13,15,18,20-21,23,31,33,39H,9-12H2,1-3H3,(H2,30,38)/t15-,18-,20-,21?,23?,29-/m0/s1. The fourth-order valence-electron chi connectivity index (χ4n) is 7.09. The molecule has 3 aliphatic rings. The van der Waals surface area contributed by atoms with Crippen LogP contribution < -0.4 is 11.1 Å². The molecule has 0 bridgehead atoms. The van der Waals surface area contributed by atoms with Crippen molar-refractivity contribution in [3.8, 4) is 5.75 Å². The number of primary amides is 1. The number of carbonyl (C=O) groups excluding carboxylic acids is 5. The van der Waals surface area contributed by atoms with Gasteiger partial charge in [0.25, 0.3) is 0 Å². The van der Waals surface area contributed by atoms with Crippen molar-refractivity contribution in [1.29, 1.82) is 0 Å². The van der Waals surface area contributed by atoms with Gasteiger partial charge >= 0.3 is 0 Å². The van der Waals surface area contributed by atoms with Crippen molar-refractivity contribution in [1.82, 2.24) is 9.88 Å². The van der Waals surface area contributed by atoms with Gasteiger partial charge in [0.05, 0.1) is 11.5 Å². The van der Waals surface area contributed by atoms with Crippen LogP contribution in [0, 0.1) is 35.5 Å². The van der Waals surface area contributed by atoms with E-state index in [1.165, 1.54) is 6.07 Å². The number of aryl methyl sites for hydroxylation is 1. The smallest absolute Gasteiger partial charge is 0.235 e. The number of rotatable bonds is 6. The Balaban J connectivity index is 1.52. The monoisotopic (exact) mass is 535 g/mol. The van der Waals surface area contributed by atoms with E-state index in [0.717, 1.165) is 11.3 Å². The highest BCUT2D eigenvalue weighted by molar-refractivity contribution is 6.31. The van der Waals surface area contributed by atoms with Gasteiger partial charge in [-0.2, -0.15) is 0 Å². The molecular weight excluding hydrogens is 502 g/mol. The van der Waals surface area contributed by atoms with Gasteiger partial charge < -0.3 is 25.8 Å². The molecule has 0 saturated heterocycles. The molecule has 2 aromatic rings. The second kappa shape index (κ2) is 9.53. The van der Waals surface area contributed by atoms with Gasteiger partial charge in [0, 0.05) is 43.9 Å². The molecule has 2 saturated carbocycles. The summed E-state index contributed by atoms with van der Waals surface area (Å²) >= 11 is 0. The molecule has 39 heavy (non-hydrogen) atoms. The largest absolute Gasteiger partial charge is 0.507 e. The van der Waals surface area contributed by atoms with Crippen molar-refractivity contribution < 1.29 is 34.2 Å². The van der Waals surface area contributed by atoms with Gasteiger partial charge in [-0.1, -0.05) is 19.9 Å². The van der Waals surface area contributed by atoms with E-state index in [1.54, 1.807) is 19.9 Å². The fraction of sp³-hybridized carbons (Fsp3) is 0.483. The number of aromatic hydroxyl groups is 1. The van der Waals surface area contributed by atoms with E-state index in [1.807, 2.05) is 29.9 Å². The van der Waals surface area contributed by atoms with Gasteiger partial charge in [-0.15, -0.1) is 0 Å². The van der Waals surface area contributed by atoms with E-state index in [4.69, 9.17) is 5.73 Å². The Hall–Kier alpha value is -3.63. The quantitative estimate of drug-likeness (QED) is 0.395. The Morgan fingerprint density at radius 2 is 1.87 bits per heavy atom. The van der Waals surface area contributed by atoms with E-state index in [0.29, 0.717) is 18.7 Å². The number of carbonyl (C=O) groups is 5. The van der Waals surface area contributed by atoms with E-state index < -0.39 is 64.2 Å². The summed E-state index contributed by atoms with van der Waals surface area (Å²) in [6, 6.07) is 7.08. The number of hydrogen-bond acceptors (Lipinski definition) is 8. The first-order valence-corrected chi connectivity index (χ1v) is 13.2. The van der Waals surface area contributed by atoms with Gasteiger partial charge in [-0.05, 0) is 54.0 Å². The predicted molar refractivity (Wildman–Crippen MR) is 138 cm³/mol. The Bertz CT molecular complexity index is 1410. The molecule has 10 nitrogen and oxygen atoms in total. The van der Waals surface area contributed by atoms with Gasteiger partial charge in [-0.25, -0.2) is 0 Å². The zero-order valence-corrected chi connectivity index (χ0v) is 22.1. The van der Waals surface area contributed by atoms with Crippen LogP contribution in [0.25, 0.3) is 0 Å². The first kappa shape index (κ1) is 27.0. The maximum absolute atomic E-state index is 13.9. The molecule has 206 valence electrons. The summed E-state index contributed by atoms with van der Waals surface area (Å²) in [5, 5.41) is 25.7. The number of hydrogen-bond donors (Lipinski definition) is 4. The molecule has 0 radical (unpaired) electrons. The molecule has 3 aliphatic carbocycles. The number of amides is 1. The van der Waals surface area contributed by atoms with Gasteiger partial charge in [0.2, 0.25) is 5.91 Å². The number of aliphatic hydroxyl groups is 1. The number of Topliss-reactive ketones (excluding diaryl/α,β-unsaturated/α-hetero) is 4. The maximum atomic E-state index is 13.9. The van der Waals surface area contributed by atoms with Crippen LogP contribution in [0.2, 0.25) is 0 Å². The van der Waals surface area contributed by atoms with Gasteiger partial charge in [0.1, 0.15) is 5.75 Å². The van der Waals surface area contributed by atoms with Gasteiger partial charge in [-0.3, -0.25) is 24.0 Å². The summed E-state index contributed by atoms with van der Waals surface area (Å²) in [5.74, 6) is -11.4. The second-order valence-corrected chi connectivity index (χ2v) is 11.5. The first-order valence-electron chi connectivity index (χ1n) is 13.2. The minimum absolute atomic E-state index is 0.0102. The average molecular weight is 536 g/mol. The van der Waals surface area contributed by atoms with Crippen molar-refractivity contribution in [3.63, 3.8) is 0 Å². The number of benzene rings is 1. The molecule has 1 amide bonds. The summed E-state index contributed by atoms with van der Waals surface area (Å²) in [6.07, 6.45) is 2.26. The Morgan fingerprint density at radius 1 is 1.15 bits per heavy atom. The number of phenols is 1. The SMILES string of the molecule is CC(C)[C@@H]1C(=O)C(C(N)=O)C(=O)[C@@]2(O)C(=O)C3C(=O)c4c(O)ccc(CNCc5cccn5C)c4C[C@H]3C[C@@H]12. The summed E-state index contributed by atoms with van der Waals surface area (Å²) in [7, 11) is 1.94. The number of fused-ring (bicyclic) bond motifs is 3. The summed E-state index contributed by atoms with van der Waals surface area (Å²) in [5.41, 5.74) is 5.17. The number of aromatic nitrogens is 1. The highest BCUT2D eigenvalue weighted by Gasteiger charge is 2.69. The highest BCUT2D eigenvalue weighted by atomic mass is 16.3. The van der Waals surface area contributed by atoms with Crippen LogP contribution in [0.15, 0.2) is 30.5 Å². The second-order valence-electron chi connectivity index (χ2n) is 11.5. The summed E-state index contributed by atoms with van der Waals surface area (Å²) in [6.45, 7) is 4.44. The minimum Gasteiger partial charge on any atom is -0.507 e. The van der Waals surface area contributed by atoms with Crippen LogP contribution >= 0.6 is 0 Å². The van der Waals surface area contributed by atoms with Crippen molar-refractivity contribution in [3.05, 3.63) is 52.8 Å². The van der Waals surface area contributed by atoms with Crippen molar-refractivity contribution >= 4 is 29.0 Å². The average Bonchev–Trinajstić information content (AvgIpc) is 3.26. The normalized spacial score (nSPS) is 30.2. The van der Waals surface area contributed by atoms with E-state index in [9.17, 15) is 34.2 Å². The fourth-order valence-corrected chi connectivity index (χ4v) is 7.09.